The summed E-state index contributed by atoms with van der Waals surface area (Å²) in [6.07, 6.45) is -1.27. The lowest BCUT2D eigenvalue weighted by atomic mass is 9.99. The molecular weight excluding hydrogens is 503 g/mol. The second-order valence-electron chi connectivity index (χ2n) is 8.76. The van der Waals surface area contributed by atoms with E-state index in [1.165, 1.54) is 31.5 Å². The summed E-state index contributed by atoms with van der Waals surface area (Å²) in [5, 5.41) is 17.6. The van der Waals surface area contributed by atoms with Crippen molar-refractivity contribution in [2.24, 2.45) is 0 Å². The molecule has 4 rings (SSSR count). The molecule has 1 aromatic heterocycles. The number of hydrogen-bond donors (Lipinski definition) is 4. The molecule has 0 aliphatic heterocycles. The second-order valence-corrected chi connectivity index (χ2v) is 8.76. The number of methoxy groups -OCH3 is 2. The molecule has 202 valence electrons. The van der Waals surface area contributed by atoms with Crippen molar-refractivity contribution in [3.63, 3.8) is 0 Å². The van der Waals surface area contributed by atoms with Crippen LogP contribution < -0.4 is 21.1 Å². The largest absolute Gasteiger partial charge is 0.496 e. The molecule has 1 amide bonds. The van der Waals surface area contributed by atoms with Crippen LogP contribution in [0.4, 0.5) is 30.5 Å². The lowest BCUT2D eigenvalue weighted by molar-refractivity contribution is -0.123. The van der Waals surface area contributed by atoms with Crippen molar-refractivity contribution in [1.29, 1.82) is 5.41 Å². The number of amides is 1. The number of alkyl halides is 3. The molecular formula is C25H28F3N7O3. The van der Waals surface area contributed by atoms with Crippen molar-refractivity contribution in [3.05, 3.63) is 47.0 Å². The average Bonchev–Trinajstić information content (AvgIpc) is 3.66. The van der Waals surface area contributed by atoms with Gasteiger partial charge in [0.25, 0.3) is 5.91 Å². The number of benzene rings is 2. The van der Waals surface area contributed by atoms with E-state index >= 15 is 0 Å². The van der Waals surface area contributed by atoms with E-state index < -0.39 is 18.6 Å². The highest BCUT2D eigenvalue weighted by Gasteiger charge is 2.30. The quantitative estimate of drug-likeness (QED) is 0.216. The van der Waals surface area contributed by atoms with Crippen molar-refractivity contribution in [2.45, 2.75) is 31.5 Å². The number of aromatic nitrogens is 3. The number of ether oxygens (including phenoxy) is 2. The van der Waals surface area contributed by atoms with E-state index in [1.807, 2.05) is 11.4 Å². The predicted octanol–water partition coefficient (Wildman–Crippen LogP) is 4.09. The van der Waals surface area contributed by atoms with Gasteiger partial charge in [0.15, 0.2) is 5.82 Å². The third-order valence-electron chi connectivity index (χ3n) is 6.03. The lowest BCUT2D eigenvalue weighted by Crippen LogP contribution is -2.33. The van der Waals surface area contributed by atoms with Crippen LogP contribution in [0.1, 0.15) is 40.2 Å². The third kappa shape index (κ3) is 6.05. The summed E-state index contributed by atoms with van der Waals surface area (Å²) in [5.74, 6) is 0.193. The van der Waals surface area contributed by atoms with Gasteiger partial charge in [0.2, 0.25) is 5.95 Å². The minimum Gasteiger partial charge on any atom is -0.496 e. The van der Waals surface area contributed by atoms with Gasteiger partial charge in [-0.25, -0.2) is 4.68 Å². The highest BCUT2D eigenvalue weighted by atomic mass is 19.4. The Bertz CT molecular complexity index is 1340. The minimum atomic E-state index is -4.53. The van der Waals surface area contributed by atoms with Crippen molar-refractivity contribution < 1.29 is 27.4 Å². The first kappa shape index (κ1) is 26.9. The van der Waals surface area contributed by atoms with Crippen LogP contribution in [-0.4, -0.2) is 60.4 Å². The Morgan fingerprint density at radius 3 is 2.66 bits per heavy atom. The molecule has 38 heavy (non-hydrogen) atoms. The summed E-state index contributed by atoms with van der Waals surface area (Å²) in [7, 11) is 2.89. The van der Waals surface area contributed by atoms with Crippen LogP contribution in [0.2, 0.25) is 0 Å². The SMILES string of the molecule is COCCn1nc(-c2ccc(C(=O)NCC(F)(F)F)c(OC)c2)nc1Nc1ccc(N)c(C=N)c1C1CC1. The standard InChI is InChI=1S/C25H28F3N7O3/c1-37-10-9-35-24(32-19-8-7-18(30)17(12-29)21(19)14-3-4-14)33-22(34-35)15-5-6-16(20(11-15)38-2)23(36)31-13-25(26,27)28/h5-8,11-12,14,29H,3-4,9-10,13,30H2,1-2H3,(H,31,36)(H,32,33,34). The van der Waals surface area contributed by atoms with Crippen LogP contribution >= 0.6 is 0 Å². The first-order valence-corrected chi connectivity index (χ1v) is 11.8. The number of halogens is 3. The molecule has 3 aromatic rings. The Labute approximate surface area is 216 Å². The number of anilines is 3. The van der Waals surface area contributed by atoms with Gasteiger partial charge in [-0.3, -0.25) is 4.79 Å². The summed E-state index contributed by atoms with van der Waals surface area (Å²) in [4.78, 5) is 16.9. The number of nitrogens with two attached hydrogens (primary N) is 1. The maximum Gasteiger partial charge on any atom is 0.405 e. The topological polar surface area (TPSA) is 140 Å². The first-order valence-electron chi connectivity index (χ1n) is 11.8. The zero-order chi connectivity index (χ0) is 27.4. The van der Waals surface area contributed by atoms with Crippen molar-refractivity contribution in [1.82, 2.24) is 20.1 Å². The van der Waals surface area contributed by atoms with Gasteiger partial charge in [-0.2, -0.15) is 18.2 Å². The summed E-state index contributed by atoms with van der Waals surface area (Å²) in [5.41, 5.74) is 9.48. The van der Waals surface area contributed by atoms with Crippen LogP contribution in [-0.2, 0) is 11.3 Å². The van der Waals surface area contributed by atoms with Crippen LogP contribution in [0.3, 0.4) is 0 Å². The van der Waals surface area contributed by atoms with Crippen LogP contribution in [0.5, 0.6) is 5.75 Å². The molecule has 1 aliphatic rings. The van der Waals surface area contributed by atoms with E-state index in [9.17, 15) is 18.0 Å². The van der Waals surface area contributed by atoms with Gasteiger partial charge in [0, 0.05) is 35.8 Å². The van der Waals surface area contributed by atoms with Gasteiger partial charge < -0.3 is 31.3 Å². The molecule has 1 aliphatic carbocycles. The van der Waals surface area contributed by atoms with E-state index in [4.69, 9.17) is 20.6 Å². The zero-order valence-corrected chi connectivity index (χ0v) is 20.9. The van der Waals surface area contributed by atoms with E-state index in [0.717, 1.165) is 24.1 Å². The fourth-order valence-electron chi connectivity index (χ4n) is 4.04. The van der Waals surface area contributed by atoms with Crippen molar-refractivity contribution >= 4 is 29.4 Å². The third-order valence-corrected chi connectivity index (χ3v) is 6.03. The Balaban J connectivity index is 1.67. The van der Waals surface area contributed by atoms with Gasteiger partial charge in [-0.05, 0) is 48.6 Å². The molecule has 5 N–H and O–H groups in total. The van der Waals surface area contributed by atoms with Gasteiger partial charge in [0.1, 0.15) is 12.3 Å². The number of carbonyl (C=O) groups is 1. The average molecular weight is 532 g/mol. The minimum absolute atomic E-state index is 0.0483. The summed E-state index contributed by atoms with van der Waals surface area (Å²) < 4.78 is 49.7. The highest BCUT2D eigenvalue weighted by molar-refractivity contribution is 5.97. The van der Waals surface area contributed by atoms with Crippen LogP contribution in [0.25, 0.3) is 11.4 Å². The van der Waals surface area contributed by atoms with Gasteiger partial charge in [0.05, 0.1) is 25.8 Å². The van der Waals surface area contributed by atoms with Crippen LogP contribution in [0.15, 0.2) is 30.3 Å². The van der Waals surface area contributed by atoms with Crippen molar-refractivity contribution in [3.8, 4) is 17.1 Å². The number of nitrogen functional groups attached to an aromatic ring is 1. The number of nitrogens with one attached hydrogen (secondary N) is 3. The molecule has 0 bridgehead atoms. The first-order chi connectivity index (χ1) is 18.1. The Kier molecular flexibility index (Phi) is 7.86. The summed E-state index contributed by atoms with van der Waals surface area (Å²) >= 11 is 0. The maximum atomic E-state index is 12.5. The smallest absolute Gasteiger partial charge is 0.405 e. The monoisotopic (exact) mass is 531 g/mol. The van der Waals surface area contributed by atoms with E-state index in [1.54, 1.807) is 17.9 Å². The second kappa shape index (κ2) is 11.1. The summed E-state index contributed by atoms with van der Waals surface area (Å²) in [6, 6.07) is 7.98. The zero-order valence-electron chi connectivity index (χ0n) is 20.9. The Morgan fingerprint density at radius 2 is 2.03 bits per heavy atom. The van der Waals surface area contributed by atoms with Gasteiger partial charge in [-0.15, -0.1) is 5.10 Å². The number of hydrogen-bond acceptors (Lipinski definition) is 8. The molecule has 0 radical (unpaired) electrons. The number of rotatable bonds is 11. The van der Waals surface area contributed by atoms with Crippen LogP contribution in [0, 0.1) is 5.41 Å². The number of nitrogens with zero attached hydrogens (tertiary/aromatic N) is 3. The molecule has 13 heteroatoms. The molecule has 0 saturated heterocycles. The molecule has 0 unspecified atom stereocenters. The predicted molar refractivity (Wildman–Crippen MR) is 136 cm³/mol. The lowest BCUT2D eigenvalue weighted by Gasteiger charge is -2.15. The fraction of sp³-hybridized carbons (Fsp3) is 0.360. The number of carbonyl (C=O) groups excluding carboxylic acids is 1. The maximum absolute atomic E-state index is 12.5. The molecule has 1 heterocycles. The Morgan fingerprint density at radius 1 is 1.26 bits per heavy atom. The molecule has 1 fully saturated rings. The molecule has 2 aromatic carbocycles. The van der Waals surface area contributed by atoms with E-state index in [0.29, 0.717) is 47.7 Å². The molecule has 1 saturated carbocycles. The van der Waals surface area contributed by atoms with Gasteiger partial charge >= 0.3 is 6.18 Å². The summed E-state index contributed by atoms with van der Waals surface area (Å²) in [6.45, 7) is -0.709. The highest BCUT2D eigenvalue weighted by Crippen LogP contribution is 2.46. The van der Waals surface area contributed by atoms with Gasteiger partial charge in [-0.1, -0.05) is 6.07 Å². The van der Waals surface area contributed by atoms with E-state index in [-0.39, 0.29) is 11.3 Å². The molecule has 10 nitrogen and oxygen atoms in total. The molecule has 0 atom stereocenters. The van der Waals surface area contributed by atoms with E-state index in [2.05, 4.69) is 15.4 Å². The normalized spacial score (nSPS) is 13.3. The fourth-order valence-corrected chi connectivity index (χ4v) is 4.04. The molecule has 0 spiro atoms. The van der Waals surface area contributed by atoms with Crippen molar-refractivity contribution in [2.75, 3.05) is 38.4 Å². The Hall–Kier alpha value is -4.13.